The molecule has 18 heavy (non-hydrogen) atoms. The van der Waals surface area contributed by atoms with E-state index in [0.29, 0.717) is 12.0 Å². The maximum absolute atomic E-state index is 11.9. The zero-order valence-corrected chi connectivity index (χ0v) is 11.6. The van der Waals surface area contributed by atoms with Crippen molar-refractivity contribution in [3.05, 3.63) is 27.9 Å². The third-order valence-electron chi connectivity index (χ3n) is 4.08. The summed E-state index contributed by atoms with van der Waals surface area (Å²) in [6.45, 7) is 4.58. The lowest BCUT2D eigenvalue weighted by Crippen LogP contribution is -2.31. The van der Waals surface area contributed by atoms with Gasteiger partial charge in [-0.2, -0.15) is 0 Å². The third kappa shape index (κ3) is 2.80. The van der Waals surface area contributed by atoms with E-state index in [-0.39, 0.29) is 5.56 Å². The molecule has 4 nitrogen and oxygen atoms in total. The molecule has 0 aliphatic heterocycles. The predicted octanol–water partition coefficient (Wildman–Crippen LogP) is 1.64. The fourth-order valence-corrected chi connectivity index (χ4v) is 3.09. The van der Waals surface area contributed by atoms with Gasteiger partial charge in [-0.1, -0.05) is 6.42 Å². The fourth-order valence-electron chi connectivity index (χ4n) is 3.09. The van der Waals surface area contributed by atoms with Gasteiger partial charge in [0.1, 0.15) is 5.82 Å². The standard InChI is InChI=1S/C14H23N3O/c1-10-9-14(18)17(11(2)16-10)8-7-12-5-4-6-13(12)15-3/h9,12-13,15H,4-8H2,1-3H3. The Morgan fingerprint density at radius 2 is 2.22 bits per heavy atom. The van der Waals surface area contributed by atoms with Crippen LogP contribution in [0.1, 0.15) is 37.2 Å². The summed E-state index contributed by atoms with van der Waals surface area (Å²) in [6.07, 6.45) is 4.91. The maximum Gasteiger partial charge on any atom is 0.253 e. The van der Waals surface area contributed by atoms with Gasteiger partial charge in [0.25, 0.3) is 5.56 Å². The molecule has 1 aliphatic rings. The second-order valence-corrected chi connectivity index (χ2v) is 5.31. The highest BCUT2D eigenvalue weighted by molar-refractivity contribution is 5.01. The zero-order valence-electron chi connectivity index (χ0n) is 11.6. The van der Waals surface area contributed by atoms with Crippen LogP contribution >= 0.6 is 0 Å². The smallest absolute Gasteiger partial charge is 0.253 e. The Kier molecular flexibility index (Phi) is 4.17. The highest BCUT2D eigenvalue weighted by Crippen LogP contribution is 2.28. The average molecular weight is 249 g/mol. The molecule has 2 atom stereocenters. The highest BCUT2D eigenvalue weighted by Gasteiger charge is 2.25. The van der Waals surface area contributed by atoms with Gasteiger partial charge in [0.05, 0.1) is 0 Å². The van der Waals surface area contributed by atoms with Gasteiger partial charge < -0.3 is 5.32 Å². The maximum atomic E-state index is 11.9. The van der Waals surface area contributed by atoms with Crippen LogP contribution in [0.25, 0.3) is 0 Å². The first-order valence-electron chi connectivity index (χ1n) is 6.84. The van der Waals surface area contributed by atoms with Crippen LogP contribution in [0, 0.1) is 19.8 Å². The first kappa shape index (κ1) is 13.3. The number of aryl methyl sites for hydroxylation is 2. The van der Waals surface area contributed by atoms with Crippen LogP contribution in [0.3, 0.4) is 0 Å². The quantitative estimate of drug-likeness (QED) is 0.882. The van der Waals surface area contributed by atoms with Gasteiger partial charge in [-0.3, -0.25) is 9.36 Å². The molecular weight excluding hydrogens is 226 g/mol. The molecule has 2 unspecified atom stereocenters. The van der Waals surface area contributed by atoms with E-state index in [2.05, 4.69) is 10.3 Å². The van der Waals surface area contributed by atoms with Gasteiger partial charge in [-0.15, -0.1) is 0 Å². The van der Waals surface area contributed by atoms with Gasteiger partial charge >= 0.3 is 0 Å². The number of hydrogen-bond acceptors (Lipinski definition) is 3. The summed E-state index contributed by atoms with van der Waals surface area (Å²) in [5.41, 5.74) is 0.890. The molecule has 0 spiro atoms. The molecule has 0 aromatic carbocycles. The zero-order chi connectivity index (χ0) is 13.1. The Bertz CT molecular complexity index is 467. The Hall–Kier alpha value is -1.16. The normalized spacial score (nSPS) is 23.5. The summed E-state index contributed by atoms with van der Waals surface area (Å²) in [5, 5.41) is 3.39. The highest BCUT2D eigenvalue weighted by atomic mass is 16.1. The Morgan fingerprint density at radius 3 is 2.89 bits per heavy atom. The molecule has 4 heteroatoms. The summed E-state index contributed by atoms with van der Waals surface area (Å²) in [4.78, 5) is 16.3. The molecule has 1 saturated carbocycles. The van der Waals surface area contributed by atoms with Crippen LogP contribution in [0.4, 0.5) is 0 Å². The molecule has 0 radical (unpaired) electrons. The summed E-state index contributed by atoms with van der Waals surface area (Å²) < 4.78 is 1.80. The van der Waals surface area contributed by atoms with Crippen molar-refractivity contribution in [2.45, 2.75) is 52.1 Å². The van der Waals surface area contributed by atoms with Crippen LogP contribution < -0.4 is 10.9 Å². The molecule has 0 bridgehead atoms. The van der Waals surface area contributed by atoms with Crippen LogP contribution in [0.2, 0.25) is 0 Å². The topological polar surface area (TPSA) is 46.9 Å². The van der Waals surface area contributed by atoms with Crippen molar-refractivity contribution in [1.82, 2.24) is 14.9 Å². The van der Waals surface area contributed by atoms with Crippen LogP contribution in [-0.4, -0.2) is 22.6 Å². The van der Waals surface area contributed by atoms with E-state index < -0.39 is 0 Å². The molecule has 1 heterocycles. The minimum absolute atomic E-state index is 0.0824. The largest absolute Gasteiger partial charge is 0.317 e. The van der Waals surface area contributed by atoms with E-state index in [4.69, 9.17) is 0 Å². The van der Waals surface area contributed by atoms with Crippen molar-refractivity contribution >= 4 is 0 Å². The lowest BCUT2D eigenvalue weighted by atomic mass is 9.99. The average Bonchev–Trinajstić information content (AvgIpc) is 2.75. The number of rotatable bonds is 4. The molecule has 2 rings (SSSR count). The molecule has 1 aliphatic carbocycles. The molecule has 0 amide bonds. The molecule has 0 saturated heterocycles. The molecule has 100 valence electrons. The van der Waals surface area contributed by atoms with E-state index in [1.807, 2.05) is 20.9 Å². The predicted molar refractivity (Wildman–Crippen MR) is 72.8 cm³/mol. The van der Waals surface area contributed by atoms with Crippen molar-refractivity contribution in [1.29, 1.82) is 0 Å². The monoisotopic (exact) mass is 249 g/mol. The Balaban J connectivity index is 2.04. The fraction of sp³-hybridized carbons (Fsp3) is 0.714. The lowest BCUT2D eigenvalue weighted by Gasteiger charge is -2.19. The summed E-state index contributed by atoms with van der Waals surface area (Å²) in [6, 6.07) is 2.25. The van der Waals surface area contributed by atoms with Crippen molar-refractivity contribution in [3.8, 4) is 0 Å². The Labute approximate surface area is 108 Å². The summed E-state index contributed by atoms with van der Waals surface area (Å²) >= 11 is 0. The van der Waals surface area contributed by atoms with Crippen molar-refractivity contribution in [2.24, 2.45) is 5.92 Å². The van der Waals surface area contributed by atoms with Gasteiger partial charge in [-0.05, 0) is 46.1 Å². The van der Waals surface area contributed by atoms with Crippen molar-refractivity contribution in [3.63, 3.8) is 0 Å². The molecule has 1 aromatic heterocycles. The van der Waals surface area contributed by atoms with Gasteiger partial charge in [0, 0.05) is 24.3 Å². The van der Waals surface area contributed by atoms with Crippen molar-refractivity contribution in [2.75, 3.05) is 7.05 Å². The van der Waals surface area contributed by atoms with E-state index in [1.54, 1.807) is 10.6 Å². The van der Waals surface area contributed by atoms with Crippen LogP contribution in [-0.2, 0) is 6.54 Å². The second-order valence-electron chi connectivity index (χ2n) is 5.31. The van der Waals surface area contributed by atoms with Crippen LogP contribution in [0.5, 0.6) is 0 Å². The van der Waals surface area contributed by atoms with E-state index in [1.165, 1.54) is 19.3 Å². The van der Waals surface area contributed by atoms with Crippen LogP contribution in [0.15, 0.2) is 10.9 Å². The molecule has 1 N–H and O–H groups in total. The molecule has 1 fully saturated rings. The molecular formula is C14H23N3O. The molecule has 1 aromatic rings. The first-order valence-corrected chi connectivity index (χ1v) is 6.84. The van der Waals surface area contributed by atoms with E-state index in [9.17, 15) is 4.79 Å². The van der Waals surface area contributed by atoms with Gasteiger partial charge in [-0.25, -0.2) is 4.98 Å². The minimum Gasteiger partial charge on any atom is -0.317 e. The SMILES string of the molecule is CNC1CCCC1CCn1c(C)nc(C)cc1=O. The third-order valence-corrected chi connectivity index (χ3v) is 4.08. The number of hydrogen-bond donors (Lipinski definition) is 1. The first-order chi connectivity index (χ1) is 8.61. The summed E-state index contributed by atoms with van der Waals surface area (Å²) in [7, 11) is 2.04. The van der Waals surface area contributed by atoms with E-state index in [0.717, 1.165) is 24.5 Å². The summed E-state index contributed by atoms with van der Waals surface area (Å²) in [5.74, 6) is 1.53. The lowest BCUT2D eigenvalue weighted by molar-refractivity contribution is 0.372. The van der Waals surface area contributed by atoms with Gasteiger partial charge in [0.15, 0.2) is 0 Å². The van der Waals surface area contributed by atoms with E-state index >= 15 is 0 Å². The number of nitrogens with one attached hydrogen (secondary N) is 1. The minimum atomic E-state index is 0.0824. The second kappa shape index (κ2) is 5.65. The van der Waals surface area contributed by atoms with Gasteiger partial charge in [0.2, 0.25) is 0 Å². The Morgan fingerprint density at radius 1 is 1.44 bits per heavy atom. The van der Waals surface area contributed by atoms with Crippen molar-refractivity contribution < 1.29 is 0 Å². The number of nitrogens with zero attached hydrogens (tertiary/aromatic N) is 2. The number of aromatic nitrogens is 2.